The first-order valence-corrected chi connectivity index (χ1v) is 10.1. The van der Waals surface area contributed by atoms with Crippen LogP contribution in [-0.4, -0.2) is 38.2 Å². The lowest BCUT2D eigenvalue weighted by Crippen LogP contribution is -2.39. The van der Waals surface area contributed by atoms with Gasteiger partial charge in [-0.1, -0.05) is 19.9 Å². The van der Waals surface area contributed by atoms with Crippen molar-refractivity contribution in [2.45, 2.75) is 33.7 Å². The molecule has 1 N–H and O–H groups in total. The fourth-order valence-corrected chi connectivity index (χ4v) is 4.10. The van der Waals surface area contributed by atoms with Crippen LogP contribution < -0.4 is 15.9 Å². The van der Waals surface area contributed by atoms with Crippen molar-refractivity contribution in [1.82, 2.24) is 19.2 Å². The molecule has 2 aromatic heterocycles. The van der Waals surface area contributed by atoms with Crippen LogP contribution in [0.1, 0.15) is 25.8 Å². The van der Waals surface area contributed by atoms with Gasteiger partial charge in [-0.15, -0.1) is 5.10 Å². The first-order valence-electron chi connectivity index (χ1n) is 10.1. The minimum absolute atomic E-state index is 0.276. The van der Waals surface area contributed by atoms with Gasteiger partial charge in [0.1, 0.15) is 12.4 Å². The number of amides is 1. The van der Waals surface area contributed by atoms with E-state index in [1.54, 1.807) is 31.5 Å². The summed E-state index contributed by atoms with van der Waals surface area (Å²) < 4.78 is 16.2. The van der Waals surface area contributed by atoms with Crippen LogP contribution >= 0.6 is 0 Å². The summed E-state index contributed by atoms with van der Waals surface area (Å²) in [7, 11) is 0. The fraction of sp³-hybridized carbons (Fsp3) is 0.429. The Bertz CT molecular complexity index is 1140. The molecular weight excluding hydrogens is 387 g/mol. The number of fused-ring (bicyclic) bond motifs is 1. The number of hydrogen-bond acceptors (Lipinski definition) is 5. The van der Waals surface area contributed by atoms with Crippen LogP contribution in [0.25, 0.3) is 5.65 Å². The summed E-state index contributed by atoms with van der Waals surface area (Å²) in [4.78, 5) is 31.8. The Labute approximate surface area is 173 Å². The van der Waals surface area contributed by atoms with Crippen molar-refractivity contribution in [3.63, 3.8) is 0 Å². The van der Waals surface area contributed by atoms with Gasteiger partial charge in [-0.2, -0.15) is 0 Å². The third kappa shape index (κ3) is 3.92. The van der Waals surface area contributed by atoms with Gasteiger partial charge in [0.2, 0.25) is 11.6 Å². The molecule has 0 aliphatic carbocycles. The molecule has 0 unspecified atom stereocenters. The molecular formula is C21H25FN6O2. The van der Waals surface area contributed by atoms with Gasteiger partial charge in [0.05, 0.1) is 0 Å². The second-order valence-electron chi connectivity index (χ2n) is 8.25. The topological polar surface area (TPSA) is 84.5 Å². The van der Waals surface area contributed by atoms with Crippen LogP contribution in [0.2, 0.25) is 0 Å². The first kappa shape index (κ1) is 20.1. The highest BCUT2D eigenvalue weighted by Crippen LogP contribution is 2.26. The van der Waals surface area contributed by atoms with Crippen LogP contribution in [0, 0.1) is 24.6 Å². The molecule has 1 aliphatic heterocycles. The molecule has 30 heavy (non-hydrogen) atoms. The molecule has 1 aliphatic rings. The zero-order valence-electron chi connectivity index (χ0n) is 17.3. The monoisotopic (exact) mass is 412 g/mol. The number of benzene rings is 1. The van der Waals surface area contributed by atoms with Crippen molar-refractivity contribution < 1.29 is 9.18 Å². The first-order chi connectivity index (χ1) is 14.3. The minimum atomic E-state index is -0.460. The molecule has 4 rings (SSSR count). The fourth-order valence-electron chi connectivity index (χ4n) is 4.10. The van der Waals surface area contributed by atoms with Crippen molar-refractivity contribution in [1.29, 1.82) is 0 Å². The minimum Gasteiger partial charge on any atom is -0.353 e. The molecule has 1 amide bonds. The summed E-state index contributed by atoms with van der Waals surface area (Å²) in [5, 5.41) is 6.98. The van der Waals surface area contributed by atoms with Gasteiger partial charge in [-0.25, -0.2) is 23.3 Å². The normalized spacial score (nSPS) is 19.3. The summed E-state index contributed by atoms with van der Waals surface area (Å²) in [6.07, 6.45) is 4.28. The molecule has 3 heterocycles. The Morgan fingerprint density at radius 1 is 1.27 bits per heavy atom. The van der Waals surface area contributed by atoms with Gasteiger partial charge in [0.15, 0.2) is 5.82 Å². The van der Waals surface area contributed by atoms with Gasteiger partial charge in [0.25, 0.3) is 0 Å². The molecule has 3 aromatic rings. The van der Waals surface area contributed by atoms with Crippen LogP contribution in [-0.2, 0) is 11.3 Å². The predicted molar refractivity (Wildman–Crippen MR) is 112 cm³/mol. The van der Waals surface area contributed by atoms with E-state index in [9.17, 15) is 14.0 Å². The summed E-state index contributed by atoms with van der Waals surface area (Å²) >= 11 is 0. The number of anilines is 2. The van der Waals surface area contributed by atoms with Crippen molar-refractivity contribution >= 4 is 23.1 Å². The predicted octanol–water partition coefficient (Wildman–Crippen LogP) is 2.46. The molecule has 0 radical (unpaired) electrons. The Balaban J connectivity index is 1.59. The number of rotatable bonds is 4. The van der Waals surface area contributed by atoms with Crippen LogP contribution in [0.5, 0.6) is 0 Å². The highest BCUT2D eigenvalue weighted by atomic mass is 19.1. The summed E-state index contributed by atoms with van der Waals surface area (Å²) in [5.41, 5.74) is 0.833. The lowest BCUT2D eigenvalue weighted by molar-refractivity contribution is -0.117. The van der Waals surface area contributed by atoms with E-state index in [1.165, 1.54) is 10.5 Å². The summed E-state index contributed by atoms with van der Waals surface area (Å²) in [6, 6.07) is 4.45. The van der Waals surface area contributed by atoms with Crippen LogP contribution in [0.15, 0.2) is 35.4 Å². The molecule has 0 saturated carbocycles. The van der Waals surface area contributed by atoms with Crippen molar-refractivity contribution in [2.75, 3.05) is 23.3 Å². The zero-order valence-corrected chi connectivity index (χ0v) is 17.3. The van der Waals surface area contributed by atoms with Gasteiger partial charge in [-0.05, 0) is 42.9 Å². The highest BCUT2D eigenvalue weighted by Gasteiger charge is 2.25. The standard InChI is InChI=1S/C21H25FN6O2/c1-13-8-14(2)11-26(10-13)19-20-25-28(21(30)27(20)7-6-23-19)12-18(29)24-16-5-4-15(3)17(22)9-16/h4-7,9,13-14H,8,10-12H2,1-3H3,(H,24,29)/t13-,14+. The maximum absolute atomic E-state index is 13.7. The average Bonchev–Trinajstić information content (AvgIpc) is 2.99. The number of nitrogens with zero attached hydrogens (tertiary/aromatic N) is 5. The second-order valence-corrected chi connectivity index (χ2v) is 8.25. The average molecular weight is 412 g/mol. The van der Waals surface area contributed by atoms with Crippen molar-refractivity contribution in [3.8, 4) is 0 Å². The Morgan fingerprint density at radius 2 is 2.00 bits per heavy atom. The zero-order chi connectivity index (χ0) is 21.4. The van der Waals surface area contributed by atoms with E-state index >= 15 is 0 Å². The number of halogens is 1. The van der Waals surface area contributed by atoms with Crippen molar-refractivity contribution in [3.05, 3.63) is 52.5 Å². The molecule has 2 atom stereocenters. The number of carbonyl (C=O) groups excluding carboxylic acids is 1. The van der Waals surface area contributed by atoms with Crippen molar-refractivity contribution in [2.24, 2.45) is 11.8 Å². The molecule has 0 bridgehead atoms. The van der Waals surface area contributed by atoms with E-state index in [4.69, 9.17) is 0 Å². The number of piperidine rings is 1. The van der Waals surface area contributed by atoms with E-state index in [0.717, 1.165) is 24.2 Å². The largest absolute Gasteiger partial charge is 0.353 e. The quantitative estimate of drug-likeness (QED) is 0.712. The number of aryl methyl sites for hydroxylation is 1. The van der Waals surface area contributed by atoms with Gasteiger partial charge < -0.3 is 10.2 Å². The maximum atomic E-state index is 13.7. The number of nitrogens with one attached hydrogen (secondary N) is 1. The SMILES string of the molecule is Cc1ccc(NC(=O)Cn2nc3c(N4C[C@H](C)C[C@H](C)C4)nccn3c2=O)cc1F. The molecule has 0 spiro atoms. The lowest BCUT2D eigenvalue weighted by atomic mass is 9.92. The third-order valence-corrected chi connectivity index (χ3v) is 5.40. The molecule has 9 heteroatoms. The Kier molecular flexibility index (Phi) is 5.27. The molecule has 8 nitrogen and oxygen atoms in total. The van der Waals surface area contributed by atoms with Gasteiger partial charge in [-0.3, -0.25) is 4.79 Å². The Hall–Kier alpha value is -3.23. The Morgan fingerprint density at radius 3 is 2.70 bits per heavy atom. The van der Waals surface area contributed by atoms with E-state index in [2.05, 4.69) is 34.1 Å². The van der Waals surface area contributed by atoms with E-state index in [-0.39, 0.29) is 6.54 Å². The molecule has 158 valence electrons. The van der Waals surface area contributed by atoms with Gasteiger partial charge >= 0.3 is 5.69 Å². The highest BCUT2D eigenvalue weighted by molar-refractivity contribution is 5.90. The number of carbonyl (C=O) groups is 1. The van der Waals surface area contributed by atoms with Crippen LogP contribution in [0.4, 0.5) is 15.9 Å². The lowest BCUT2D eigenvalue weighted by Gasteiger charge is -2.35. The maximum Gasteiger partial charge on any atom is 0.350 e. The smallest absolute Gasteiger partial charge is 0.350 e. The molecule has 1 aromatic carbocycles. The van der Waals surface area contributed by atoms with E-state index < -0.39 is 17.4 Å². The molecule has 1 fully saturated rings. The second kappa shape index (κ2) is 7.89. The van der Waals surface area contributed by atoms with Crippen LogP contribution in [0.3, 0.4) is 0 Å². The van der Waals surface area contributed by atoms with Gasteiger partial charge in [0, 0.05) is 31.2 Å². The van der Waals surface area contributed by atoms with E-state index in [0.29, 0.717) is 34.6 Å². The number of aromatic nitrogens is 4. The third-order valence-electron chi connectivity index (χ3n) is 5.40. The van der Waals surface area contributed by atoms with E-state index in [1.807, 2.05) is 0 Å². The molecule has 1 saturated heterocycles. The summed E-state index contributed by atoms with van der Waals surface area (Å²) in [6.45, 7) is 7.46. The number of hydrogen-bond donors (Lipinski definition) is 1. The summed E-state index contributed by atoms with van der Waals surface area (Å²) in [5.74, 6) is 0.820.